The number of nitrogens with one attached hydrogen (secondary N) is 1. The molecule has 0 aromatic heterocycles. The van der Waals surface area contributed by atoms with Crippen molar-refractivity contribution in [1.82, 2.24) is 9.62 Å². The third-order valence-corrected chi connectivity index (χ3v) is 7.92. The Labute approximate surface area is 195 Å². The van der Waals surface area contributed by atoms with E-state index in [-0.39, 0.29) is 36.6 Å². The maximum Gasteiger partial charge on any atom is 0.573 e. The molecule has 0 unspecified atom stereocenters. The van der Waals surface area contributed by atoms with E-state index in [0.29, 0.717) is 41.8 Å². The zero-order valence-electron chi connectivity index (χ0n) is 18.3. The first-order chi connectivity index (χ1) is 16.1. The summed E-state index contributed by atoms with van der Waals surface area (Å²) in [7, 11) is -3.41. The maximum atomic E-state index is 13.2. The molecule has 2 aromatic carbocycles. The number of sulfonamides is 1. The third kappa shape index (κ3) is 5.82. The Morgan fingerprint density at radius 1 is 1.06 bits per heavy atom. The van der Waals surface area contributed by atoms with Crippen molar-refractivity contribution in [3.8, 4) is 22.6 Å². The highest BCUT2D eigenvalue weighted by atomic mass is 32.2. The van der Waals surface area contributed by atoms with Gasteiger partial charge in [-0.3, -0.25) is 4.79 Å². The molecule has 7 nitrogen and oxygen atoms in total. The standard InChI is InChI=1S/C23H25F3N2O5S/c24-23(25,26)33-18-8-5-16(6-9-18)17-7-10-21-20(15-17)22(29)28(13-14-32-21)12-11-27-34(30,31)19-3-1-2-4-19/h5-10,15,19,27H,1-4,11-14H2. The number of amides is 1. The van der Waals surface area contributed by atoms with E-state index in [9.17, 15) is 26.4 Å². The molecule has 2 aliphatic rings. The van der Waals surface area contributed by atoms with Crippen LogP contribution in [0.5, 0.6) is 11.5 Å². The quantitative estimate of drug-likeness (QED) is 0.625. The number of carbonyl (C=O) groups excluding carboxylic acids is 1. The van der Waals surface area contributed by atoms with Gasteiger partial charge in [-0.25, -0.2) is 13.1 Å². The number of rotatable bonds is 7. The minimum Gasteiger partial charge on any atom is -0.491 e. The van der Waals surface area contributed by atoms with Crippen molar-refractivity contribution >= 4 is 15.9 Å². The highest BCUT2D eigenvalue weighted by Gasteiger charge is 2.31. The first-order valence-corrected chi connectivity index (χ1v) is 12.6. The topological polar surface area (TPSA) is 84.9 Å². The summed E-state index contributed by atoms with van der Waals surface area (Å²) >= 11 is 0. The van der Waals surface area contributed by atoms with E-state index in [1.807, 2.05) is 0 Å². The van der Waals surface area contributed by atoms with Crippen molar-refractivity contribution in [2.45, 2.75) is 37.3 Å². The lowest BCUT2D eigenvalue weighted by Gasteiger charge is -2.21. The van der Waals surface area contributed by atoms with Gasteiger partial charge in [0.2, 0.25) is 10.0 Å². The number of hydrogen-bond donors (Lipinski definition) is 1. The third-order valence-electron chi connectivity index (χ3n) is 5.96. The number of alkyl halides is 3. The van der Waals surface area contributed by atoms with Crippen LogP contribution in [0.15, 0.2) is 42.5 Å². The Bertz CT molecular complexity index is 1130. The molecular weight excluding hydrogens is 473 g/mol. The SMILES string of the molecule is O=C1c2cc(-c3ccc(OC(F)(F)F)cc3)ccc2OCCN1CCNS(=O)(=O)C1CCCC1. The summed E-state index contributed by atoms with van der Waals surface area (Å²) in [5, 5.41) is -0.369. The lowest BCUT2D eigenvalue weighted by Crippen LogP contribution is -2.41. The molecule has 4 rings (SSSR count). The molecular formula is C23H25F3N2O5S. The molecule has 0 atom stereocenters. The van der Waals surface area contributed by atoms with Crippen LogP contribution in [-0.2, 0) is 10.0 Å². The zero-order chi connectivity index (χ0) is 24.3. The second-order valence-corrected chi connectivity index (χ2v) is 10.3. The van der Waals surface area contributed by atoms with Gasteiger partial charge in [-0.05, 0) is 48.2 Å². The van der Waals surface area contributed by atoms with E-state index in [1.165, 1.54) is 29.2 Å². The van der Waals surface area contributed by atoms with Crippen molar-refractivity contribution in [2.24, 2.45) is 0 Å². The summed E-state index contributed by atoms with van der Waals surface area (Å²) in [6.45, 7) is 0.871. The molecule has 0 radical (unpaired) electrons. The van der Waals surface area contributed by atoms with Gasteiger partial charge < -0.3 is 14.4 Å². The summed E-state index contributed by atoms with van der Waals surface area (Å²) in [4.78, 5) is 14.7. The Kier molecular flexibility index (Phi) is 7.04. The Morgan fingerprint density at radius 3 is 2.41 bits per heavy atom. The molecule has 1 saturated carbocycles. The van der Waals surface area contributed by atoms with Crippen molar-refractivity contribution in [3.63, 3.8) is 0 Å². The van der Waals surface area contributed by atoms with E-state index in [2.05, 4.69) is 9.46 Å². The summed E-state index contributed by atoms with van der Waals surface area (Å²) in [5.74, 6) is -0.233. The van der Waals surface area contributed by atoms with Crippen LogP contribution in [0.2, 0.25) is 0 Å². The normalized spacial score (nSPS) is 17.3. The Hall–Kier alpha value is -2.79. The van der Waals surface area contributed by atoms with Crippen molar-refractivity contribution in [3.05, 3.63) is 48.0 Å². The number of fused-ring (bicyclic) bond motifs is 1. The number of carbonyl (C=O) groups is 1. The van der Waals surface area contributed by atoms with Gasteiger partial charge in [-0.2, -0.15) is 0 Å². The van der Waals surface area contributed by atoms with Crippen LogP contribution in [0.3, 0.4) is 0 Å². The van der Waals surface area contributed by atoms with Crippen LogP contribution in [0.4, 0.5) is 13.2 Å². The van der Waals surface area contributed by atoms with Gasteiger partial charge in [-0.15, -0.1) is 13.2 Å². The number of hydrogen-bond acceptors (Lipinski definition) is 5. The molecule has 1 amide bonds. The number of benzene rings is 2. The Morgan fingerprint density at radius 2 is 1.74 bits per heavy atom. The first-order valence-electron chi connectivity index (χ1n) is 11.0. The number of nitrogens with zero attached hydrogens (tertiary/aromatic N) is 1. The summed E-state index contributed by atoms with van der Waals surface area (Å²) in [6, 6.07) is 10.3. The molecule has 11 heteroatoms. The fourth-order valence-electron chi connectivity index (χ4n) is 4.24. The van der Waals surface area contributed by atoms with Crippen molar-refractivity contribution in [2.75, 3.05) is 26.2 Å². The molecule has 1 N–H and O–H groups in total. The fraction of sp³-hybridized carbons (Fsp3) is 0.435. The van der Waals surface area contributed by atoms with Gasteiger partial charge in [0.05, 0.1) is 17.4 Å². The lowest BCUT2D eigenvalue weighted by atomic mass is 10.0. The van der Waals surface area contributed by atoms with Crippen LogP contribution in [0.25, 0.3) is 11.1 Å². The van der Waals surface area contributed by atoms with Gasteiger partial charge in [-0.1, -0.05) is 31.0 Å². The number of ether oxygens (including phenoxy) is 2. The van der Waals surface area contributed by atoms with E-state index < -0.39 is 16.4 Å². The summed E-state index contributed by atoms with van der Waals surface area (Å²) in [5.41, 5.74) is 1.53. The second-order valence-electron chi connectivity index (χ2n) is 8.27. The predicted molar refractivity (Wildman–Crippen MR) is 119 cm³/mol. The predicted octanol–water partition coefficient (Wildman–Crippen LogP) is 3.95. The average Bonchev–Trinajstić information content (AvgIpc) is 3.28. The average molecular weight is 499 g/mol. The molecule has 1 fully saturated rings. The molecule has 34 heavy (non-hydrogen) atoms. The van der Waals surface area contributed by atoms with E-state index in [0.717, 1.165) is 12.8 Å². The molecule has 1 aliphatic carbocycles. The molecule has 1 heterocycles. The highest BCUT2D eigenvalue weighted by Crippen LogP contribution is 2.31. The van der Waals surface area contributed by atoms with Crippen LogP contribution in [-0.4, -0.2) is 57.1 Å². The van der Waals surface area contributed by atoms with Gasteiger partial charge in [0.1, 0.15) is 18.1 Å². The zero-order valence-corrected chi connectivity index (χ0v) is 19.1. The lowest BCUT2D eigenvalue weighted by molar-refractivity contribution is -0.274. The highest BCUT2D eigenvalue weighted by molar-refractivity contribution is 7.90. The molecule has 1 aliphatic heterocycles. The van der Waals surface area contributed by atoms with E-state index in [1.54, 1.807) is 18.2 Å². The molecule has 0 saturated heterocycles. The van der Waals surface area contributed by atoms with Gasteiger partial charge in [0, 0.05) is 13.1 Å². The van der Waals surface area contributed by atoms with Crippen LogP contribution in [0, 0.1) is 0 Å². The molecule has 0 spiro atoms. The molecule has 0 bridgehead atoms. The summed E-state index contributed by atoms with van der Waals surface area (Å²) in [6.07, 6.45) is -1.64. The van der Waals surface area contributed by atoms with Gasteiger partial charge in [0.25, 0.3) is 5.91 Å². The fourth-order valence-corrected chi connectivity index (χ4v) is 5.81. The minimum absolute atomic E-state index is 0.111. The Balaban J connectivity index is 1.45. The van der Waals surface area contributed by atoms with Crippen molar-refractivity contribution in [1.29, 1.82) is 0 Å². The van der Waals surface area contributed by atoms with Crippen molar-refractivity contribution < 1.29 is 35.9 Å². The van der Waals surface area contributed by atoms with Gasteiger partial charge in [0.15, 0.2) is 0 Å². The molecule has 2 aromatic rings. The first kappa shape index (κ1) is 24.3. The summed E-state index contributed by atoms with van der Waals surface area (Å²) < 4.78 is 74.2. The largest absolute Gasteiger partial charge is 0.573 e. The monoisotopic (exact) mass is 498 g/mol. The van der Waals surface area contributed by atoms with Gasteiger partial charge >= 0.3 is 6.36 Å². The van der Waals surface area contributed by atoms with Crippen LogP contribution in [0.1, 0.15) is 36.0 Å². The van der Waals surface area contributed by atoms with E-state index >= 15 is 0 Å². The van der Waals surface area contributed by atoms with Crippen LogP contribution >= 0.6 is 0 Å². The second kappa shape index (κ2) is 9.83. The molecule has 184 valence electrons. The minimum atomic E-state index is -4.77. The van der Waals surface area contributed by atoms with E-state index in [4.69, 9.17) is 4.74 Å². The van der Waals surface area contributed by atoms with Crippen LogP contribution < -0.4 is 14.2 Å². The maximum absolute atomic E-state index is 13.2. The number of halogens is 3. The smallest absolute Gasteiger partial charge is 0.491 e.